The summed E-state index contributed by atoms with van der Waals surface area (Å²) >= 11 is 5.82. The van der Waals surface area contributed by atoms with Crippen LogP contribution in [-0.2, 0) is 16.6 Å². The number of rotatable bonds is 4. The summed E-state index contributed by atoms with van der Waals surface area (Å²) in [4.78, 5) is 0.00201. The topological polar surface area (TPSA) is 72.2 Å². The fourth-order valence-electron chi connectivity index (χ4n) is 1.84. The SMILES string of the molecule is Cc1ccc(S(N)(=O)=O)cc1NCc1cc(Cl)ccc1F. The fraction of sp³-hybridized carbons (Fsp3) is 0.143. The molecular formula is C14H14ClFN2O2S. The minimum Gasteiger partial charge on any atom is -0.381 e. The number of anilines is 1. The minimum atomic E-state index is -3.78. The standard InChI is InChI=1S/C14H14ClFN2O2S/c1-9-2-4-12(21(17,19)20)7-14(9)18-8-10-6-11(15)3-5-13(10)16/h2-7,18H,8H2,1H3,(H2,17,19,20). The number of aryl methyl sites for hydroxylation is 1. The molecule has 112 valence electrons. The molecule has 4 nitrogen and oxygen atoms in total. The molecule has 0 radical (unpaired) electrons. The normalized spacial score (nSPS) is 11.4. The number of hydrogen-bond acceptors (Lipinski definition) is 3. The van der Waals surface area contributed by atoms with Crippen molar-refractivity contribution in [3.05, 3.63) is 58.4 Å². The van der Waals surface area contributed by atoms with Crippen LogP contribution in [0, 0.1) is 12.7 Å². The van der Waals surface area contributed by atoms with E-state index in [1.807, 2.05) is 6.92 Å². The Hall–Kier alpha value is -1.63. The first-order chi connectivity index (χ1) is 9.77. The molecule has 2 aromatic carbocycles. The van der Waals surface area contributed by atoms with Gasteiger partial charge in [0.25, 0.3) is 0 Å². The summed E-state index contributed by atoms with van der Waals surface area (Å²) in [5, 5.41) is 8.52. The summed E-state index contributed by atoms with van der Waals surface area (Å²) in [7, 11) is -3.78. The quantitative estimate of drug-likeness (QED) is 0.906. The zero-order valence-corrected chi connectivity index (χ0v) is 12.8. The third kappa shape index (κ3) is 3.93. The van der Waals surface area contributed by atoms with Crippen LogP contribution in [0.5, 0.6) is 0 Å². The Morgan fingerprint density at radius 3 is 2.62 bits per heavy atom. The minimum absolute atomic E-state index is 0.00201. The smallest absolute Gasteiger partial charge is 0.238 e. The Bertz CT molecular complexity index is 779. The predicted molar refractivity (Wildman–Crippen MR) is 81.3 cm³/mol. The highest BCUT2D eigenvalue weighted by Crippen LogP contribution is 2.21. The molecule has 0 saturated heterocycles. The zero-order chi connectivity index (χ0) is 15.6. The van der Waals surface area contributed by atoms with Crippen molar-refractivity contribution in [2.45, 2.75) is 18.4 Å². The van der Waals surface area contributed by atoms with Gasteiger partial charge in [0.15, 0.2) is 0 Å². The molecule has 0 saturated carbocycles. The van der Waals surface area contributed by atoms with Gasteiger partial charge in [-0.3, -0.25) is 0 Å². The lowest BCUT2D eigenvalue weighted by Crippen LogP contribution is -2.13. The number of sulfonamides is 1. The van der Waals surface area contributed by atoms with Gasteiger partial charge in [-0.2, -0.15) is 0 Å². The molecule has 0 fully saturated rings. The Balaban J connectivity index is 2.26. The van der Waals surface area contributed by atoms with Crippen molar-refractivity contribution in [2.24, 2.45) is 5.14 Å². The first kappa shape index (κ1) is 15.8. The summed E-state index contributed by atoms with van der Waals surface area (Å²) in [5.41, 5.74) is 1.79. The number of benzene rings is 2. The Kier molecular flexibility index (Phi) is 4.51. The molecule has 0 atom stereocenters. The van der Waals surface area contributed by atoms with E-state index < -0.39 is 10.0 Å². The van der Waals surface area contributed by atoms with Crippen LogP contribution in [0.15, 0.2) is 41.3 Å². The summed E-state index contributed by atoms with van der Waals surface area (Å²) in [6.45, 7) is 1.99. The third-order valence-corrected chi connectivity index (χ3v) is 4.16. The second kappa shape index (κ2) is 6.01. The van der Waals surface area contributed by atoms with Crippen molar-refractivity contribution >= 4 is 27.3 Å². The van der Waals surface area contributed by atoms with Crippen molar-refractivity contribution < 1.29 is 12.8 Å². The lowest BCUT2D eigenvalue weighted by atomic mass is 10.1. The van der Waals surface area contributed by atoms with Gasteiger partial charge in [0.05, 0.1) is 4.90 Å². The van der Waals surface area contributed by atoms with E-state index in [0.717, 1.165) is 5.56 Å². The van der Waals surface area contributed by atoms with Crippen molar-refractivity contribution in [2.75, 3.05) is 5.32 Å². The summed E-state index contributed by atoms with van der Waals surface area (Å²) in [6.07, 6.45) is 0. The summed E-state index contributed by atoms with van der Waals surface area (Å²) in [5.74, 6) is -0.382. The monoisotopic (exact) mass is 328 g/mol. The van der Waals surface area contributed by atoms with Crippen LogP contribution in [0.4, 0.5) is 10.1 Å². The molecule has 0 bridgehead atoms. The van der Waals surface area contributed by atoms with E-state index in [2.05, 4.69) is 5.32 Å². The number of nitrogens with two attached hydrogens (primary N) is 1. The summed E-state index contributed by atoms with van der Waals surface area (Å²) < 4.78 is 36.3. The maximum Gasteiger partial charge on any atom is 0.238 e. The van der Waals surface area contributed by atoms with Gasteiger partial charge in [0, 0.05) is 22.8 Å². The Labute approximate surface area is 127 Å². The molecule has 0 spiro atoms. The van der Waals surface area contributed by atoms with Crippen LogP contribution in [0.2, 0.25) is 5.02 Å². The molecule has 0 aliphatic heterocycles. The zero-order valence-electron chi connectivity index (χ0n) is 11.2. The fourth-order valence-corrected chi connectivity index (χ4v) is 2.57. The van der Waals surface area contributed by atoms with Crippen LogP contribution in [0.1, 0.15) is 11.1 Å². The van der Waals surface area contributed by atoms with Crippen LogP contribution in [0.25, 0.3) is 0 Å². The van der Waals surface area contributed by atoms with Crippen LogP contribution in [0.3, 0.4) is 0 Å². The second-order valence-electron chi connectivity index (χ2n) is 4.61. The van der Waals surface area contributed by atoms with Gasteiger partial charge >= 0.3 is 0 Å². The molecule has 21 heavy (non-hydrogen) atoms. The van der Waals surface area contributed by atoms with E-state index in [0.29, 0.717) is 16.3 Å². The van der Waals surface area contributed by atoms with E-state index in [-0.39, 0.29) is 17.3 Å². The lowest BCUT2D eigenvalue weighted by molar-refractivity contribution is 0.597. The first-order valence-corrected chi connectivity index (χ1v) is 8.01. The van der Waals surface area contributed by atoms with Crippen molar-refractivity contribution in [3.63, 3.8) is 0 Å². The van der Waals surface area contributed by atoms with E-state index in [1.165, 1.54) is 30.3 Å². The van der Waals surface area contributed by atoms with Gasteiger partial charge in [0.1, 0.15) is 5.82 Å². The molecule has 0 aliphatic rings. The van der Waals surface area contributed by atoms with E-state index in [1.54, 1.807) is 6.07 Å². The second-order valence-corrected chi connectivity index (χ2v) is 6.61. The molecule has 0 amide bonds. The number of nitrogens with one attached hydrogen (secondary N) is 1. The molecule has 0 aromatic heterocycles. The number of hydrogen-bond donors (Lipinski definition) is 2. The van der Waals surface area contributed by atoms with Crippen molar-refractivity contribution in [3.8, 4) is 0 Å². The molecule has 2 aromatic rings. The Morgan fingerprint density at radius 1 is 1.24 bits per heavy atom. The van der Waals surface area contributed by atoms with Gasteiger partial charge in [-0.15, -0.1) is 0 Å². The molecule has 7 heteroatoms. The van der Waals surface area contributed by atoms with Gasteiger partial charge in [0.2, 0.25) is 10.0 Å². The van der Waals surface area contributed by atoms with Gasteiger partial charge < -0.3 is 5.32 Å². The van der Waals surface area contributed by atoms with Crippen molar-refractivity contribution in [1.82, 2.24) is 0 Å². The number of primary sulfonamides is 1. The van der Waals surface area contributed by atoms with Gasteiger partial charge in [-0.05, 0) is 42.8 Å². The average Bonchev–Trinajstić information content (AvgIpc) is 2.40. The highest BCUT2D eigenvalue weighted by Gasteiger charge is 2.10. The summed E-state index contributed by atoms with van der Waals surface area (Å²) in [6, 6.07) is 8.75. The van der Waals surface area contributed by atoms with E-state index >= 15 is 0 Å². The first-order valence-electron chi connectivity index (χ1n) is 6.08. The average molecular weight is 329 g/mol. The predicted octanol–water partition coefficient (Wildman–Crippen LogP) is 3.05. The van der Waals surface area contributed by atoms with E-state index in [4.69, 9.17) is 16.7 Å². The number of halogens is 2. The van der Waals surface area contributed by atoms with Crippen LogP contribution < -0.4 is 10.5 Å². The molecule has 2 rings (SSSR count). The Morgan fingerprint density at radius 2 is 1.95 bits per heavy atom. The largest absolute Gasteiger partial charge is 0.381 e. The molecule has 0 heterocycles. The molecule has 3 N–H and O–H groups in total. The highest BCUT2D eigenvalue weighted by molar-refractivity contribution is 7.89. The lowest BCUT2D eigenvalue weighted by Gasteiger charge is -2.12. The van der Waals surface area contributed by atoms with E-state index in [9.17, 15) is 12.8 Å². The van der Waals surface area contributed by atoms with Gasteiger partial charge in [-0.1, -0.05) is 17.7 Å². The molecule has 0 aliphatic carbocycles. The molecule has 0 unspecified atom stereocenters. The van der Waals surface area contributed by atoms with Crippen LogP contribution in [-0.4, -0.2) is 8.42 Å². The maximum absolute atomic E-state index is 13.6. The molecular weight excluding hydrogens is 315 g/mol. The highest BCUT2D eigenvalue weighted by atomic mass is 35.5. The maximum atomic E-state index is 13.6. The van der Waals surface area contributed by atoms with Crippen molar-refractivity contribution in [1.29, 1.82) is 0 Å². The van der Waals surface area contributed by atoms with Gasteiger partial charge in [-0.25, -0.2) is 17.9 Å². The van der Waals surface area contributed by atoms with Crippen LogP contribution >= 0.6 is 11.6 Å². The third-order valence-electron chi connectivity index (χ3n) is 3.01.